The van der Waals surface area contributed by atoms with Gasteiger partial charge in [0.05, 0.1) is 23.3 Å². The summed E-state index contributed by atoms with van der Waals surface area (Å²) in [5.74, 6) is -2.20. The molecule has 1 heterocycles. The van der Waals surface area contributed by atoms with E-state index in [4.69, 9.17) is 4.74 Å². The zero-order valence-electron chi connectivity index (χ0n) is 22.8. The molecule has 7 heteroatoms. The van der Waals surface area contributed by atoms with Crippen LogP contribution >= 0.6 is 0 Å². The highest BCUT2D eigenvalue weighted by Gasteiger charge is 2.46. The van der Waals surface area contributed by atoms with Crippen molar-refractivity contribution in [3.63, 3.8) is 0 Å². The summed E-state index contributed by atoms with van der Waals surface area (Å²) in [5.41, 5.74) is 2.87. The number of amides is 1. The molecule has 1 fully saturated rings. The SMILES string of the molecule is CC(C)Oc1ccc(/C(O)=C2\C(=O)C(=O)N(Cc3ccc(C(=O)O)cc3)C2c2ccc(C(C)(C)C)cc2)cc1. The van der Waals surface area contributed by atoms with Gasteiger partial charge in [0.15, 0.2) is 0 Å². The largest absolute Gasteiger partial charge is 0.507 e. The minimum absolute atomic E-state index is 0.00296. The average molecular weight is 528 g/mol. The molecule has 1 aliphatic heterocycles. The summed E-state index contributed by atoms with van der Waals surface area (Å²) >= 11 is 0. The van der Waals surface area contributed by atoms with E-state index in [0.29, 0.717) is 22.4 Å². The van der Waals surface area contributed by atoms with Gasteiger partial charge in [-0.15, -0.1) is 0 Å². The molecular formula is C32H33NO6. The number of hydrogen-bond acceptors (Lipinski definition) is 5. The molecule has 0 radical (unpaired) electrons. The van der Waals surface area contributed by atoms with Crippen molar-refractivity contribution in [2.45, 2.75) is 58.7 Å². The van der Waals surface area contributed by atoms with Gasteiger partial charge in [0.25, 0.3) is 11.7 Å². The Labute approximate surface area is 228 Å². The molecule has 7 nitrogen and oxygen atoms in total. The third-order valence-electron chi connectivity index (χ3n) is 6.69. The van der Waals surface area contributed by atoms with E-state index in [-0.39, 0.29) is 35.0 Å². The lowest BCUT2D eigenvalue weighted by Gasteiger charge is -2.26. The fourth-order valence-corrected chi connectivity index (χ4v) is 4.62. The molecule has 4 rings (SSSR count). The molecule has 3 aromatic carbocycles. The molecule has 39 heavy (non-hydrogen) atoms. The fraction of sp³-hybridized carbons (Fsp3) is 0.281. The van der Waals surface area contributed by atoms with E-state index in [1.54, 1.807) is 36.4 Å². The normalized spacial score (nSPS) is 17.1. The molecular weight excluding hydrogens is 494 g/mol. The number of hydrogen-bond donors (Lipinski definition) is 2. The molecule has 0 aromatic heterocycles. The molecule has 0 bridgehead atoms. The quantitative estimate of drug-likeness (QED) is 0.219. The van der Waals surface area contributed by atoms with Crippen molar-refractivity contribution in [2.75, 3.05) is 0 Å². The van der Waals surface area contributed by atoms with E-state index in [9.17, 15) is 24.6 Å². The number of nitrogens with zero attached hydrogens (tertiary/aromatic N) is 1. The molecule has 1 unspecified atom stereocenters. The summed E-state index contributed by atoms with van der Waals surface area (Å²) in [6, 6.07) is 19.8. The average Bonchev–Trinajstić information content (AvgIpc) is 3.13. The minimum atomic E-state index is -1.05. The van der Waals surface area contributed by atoms with Gasteiger partial charge < -0.3 is 19.8 Å². The van der Waals surface area contributed by atoms with Crippen molar-refractivity contribution in [1.29, 1.82) is 0 Å². The maximum Gasteiger partial charge on any atom is 0.335 e. The zero-order valence-corrected chi connectivity index (χ0v) is 22.8. The van der Waals surface area contributed by atoms with Gasteiger partial charge in [0.1, 0.15) is 11.5 Å². The van der Waals surface area contributed by atoms with Crippen LogP contribution in [0.15, 0.2) is 78.4 Å². The first-order chi connectivity index (χ1) is 18.4. The van der Waals surface area contributed by atoms with Crippen LogP contribution in [-0.2, 0) is 21.5 Å². The number of ketones is 1. The van der Waals surface area contributed by atoms with E-state index >= 15 is 0 Å². The number of carboxylic acids is 1. The van der Waals surface area contributed by atoms with Gasteiger partial charge in [-0.05, 0) is 72.4 Å². The minimum Gasteiger partial charge on any atom is -0.507 e. The number of carbonyl (C=O) groups is 3. The van der Waals surface area contributed by atoms with Crippen LogP contribution in [0.4, 0.5) is 0 Å². The lowest BCUT2D eigenvalue weighted by atomic mass is 9.85. The van der Waals surface area contributed by atoms with Gasteiger partial charge in [0, 0.05) is 12.1 Å². The van der Waals surface area contributed by atoms with Gasteiger partial charge in [-0.2, -0.15) is 0 Å². The van der Waals surface area contributed by atoms with Gasteiger partial charge in [-0.1, -0.05) is 57.2 Å². The molecule has 0 saturated carbocycles. The van der Waals surface area contributed by atoms with Crippen LogP contribution < -0.4 is 4.74 Å². The second kappa shape index (κ2) is 10.8. The van der Waals surface area contributed by atoms with Crippen LogP contribution in [0.3, 0.4) is 0 Å². The molecule has 1 atom stereocenters. The van der Waals surface area contributed by atoms with Crippen LogP contribution in [0, 0.1) is 0 Å². The fourth-order valence-electron chi connectivity index (χ4n) is 4.62. The Morgan fingerprint density at radius 1 is 0.872 bits per heavy atom. The van der Waals surface area contributed by atoms with Crippen molar-refractivity contribution in [3.8, 4) is 5.75 Å². The second-order valence-electron chi connectivity index (χ2n) is 11.0. The van der Waals surface area contributed by atoms with Gasteiger partial charge in [-0.3, -0.25) is 9.59 Å². The summed E-state index contributed by atoms with van der Waals surface area (Å²) in [4.78, 5) is 39.4. The number of likely N-dealkylation sites (tertiary alicyclic amines) is 1. The summed E-state index contributed by atoms with van der Waals surface area (Å²) in [5, 5.41) is 20.6. The van der Waals surface area contributed by atoms with E-state index < -0.39 is 23.7 Å². The smallest absolute Gasteiger partial charge is 0.335 e. The predicted octanol–water partition coefficient (Wildman–Crippen LogP) is 6.09. The van der Waals surface area contributed by atoms with Crippen LogP contribution in [0.2, 0.25) is 0 Å². The highest BCUT2D eigenvalue weighted by Crippen LogP contribution is 2.41. The lowest BCUT2D eigenvalue weighted by molar-refractivity contribution is -0.140. The molecule has 3 aromatic rings. The number of aromatic carboxylic acids is 1. The summed E-state index contributed by atoms with van der Waals surface area (Å²) in [6.45, 7) is 10.2. The number of rotatable bonds is 7. The molecule has 2 N–H and O–H groups in total. The highest BCUT2D eigenvalue weighted by molar-refractivity contribution is 6.46. The van der Waals surface area contributed by atoms with E-state index in [1.807, 2.05) is 38.1 Å². The number of aliphatic hydroxyl groups excluding tert-OH is 1. The monoisotopic (exact) mass is 527 g/mol. The van der Waals surface area contributed by atoms with Crippen molar-refractivity contribution < 1.29 is 29.3 Å². The van der Waals surface area contributed by atoms with E-state index in [1.165, 1.54) is 17.0 Å². The third kappa shape index (κ3) is 5.87. The van der Waals surface area contributed by atoms with E-state index in [2.05, 4.69) is 20.8 Å². The Morgan fingerprint density at radius 2 is 1.44 bits per heavy atom. The first-order valence-electron chi connectivity index (χ1n) is 12.8. The van der Waals surface area contributed by atoms with Gasteiger partial charge in [0.2, 0.25) is 0 Å². The highest BCUT2D eigenvalue weighted by atomic mass is 16.5. The van der Waals surface area contributed by atoms with Crippen molar-refractivity contribution >= 4 is 23.4 Å². The zero-order chi connectivity index (χ0) is 28.5. The Bertz CT molecular complexity index is 1410. The molecule has 0 aliphatic carbocycles. The molecule has 1 aliphatic rings. The summed E-state index contributed by atoms with van der Waals surface area (Å²) < 4.78 is 5.68. The number of carboxylic acid groups (broad SMARTS) is 1. The topological polar surface area (TPSA) is 104 Å². The Balaban J connectivity index is 1.79. The maximum atomic E-state index is 13.4. The lowest BCUT2D eigenvalue weighted by Crippen LogP contribution is -2.29. The Kier molecular flexibility index (Phi) is 7.63. The summed E-state index contributed by atoms with van der Waals surface area (Å²) in [7, 11) is 0. The maximum absolute atomic E-state index is 13.4. The summed E-state index contributed by atoms with van der Waals surface area (Å²) in [6.07, 6.45) is -0.0181. The number of aliphatic hydroxyl groups is 1. The standard InChI is InChI=1S/C32H33NO6/c1-19(2)39-25-16-12-22(13-17-25)28(34)26-27(21-10-14-24(15-11-21)32(3,4)5)33(30(36)29(26)35)18-20-6-8-23(9-7-20)31(37)38/h6-17,19,27,34H,18H2,1-5H3,(H,37,38)/b28-26+. The molecule has 202 valence electrons. The Hall–Kier alpha value is -4.39. The number of ether oxygens (including phenoxy) is 1. The van der Waals surface area contributed by atoms with Crippen LogP contribution in [0.5, 0.6) is 5.75 Å². The molecule has 1 saturated heterocycles. The first-order valence-corrected chi connectivity index (χ1v) is 12.8. The second-order valence-corrected chi connectivity index (χ2v) is 11.0. The molecule has 1 amide bonds. The van der Waals surface area contributed by atoms with Gasteiger partial charge >= 0.3 is 5.97 Å². The van der Waals surface area contributed by atoms with Crippen molar-refractivity contribution in [2.24, 2.45) is 0 Å². The Morgan fingerprint density at radius 3 is 1.95 bits per heavy atom. The first kappa shape index (κ1) is 27.6. The number of Topliss-reactive ketones (excluding diaryl/α,β-unsaturated/α-hetero) is 1. The number of carbonyl (C=O) groups excluding carboxylic acids is 2. The van der Waals surface area contributed by atoms with Crippen LogP contribution in [-0.4, -0.2) is 38.9 Å². The van der Waals surface area contributed by atoms with Crippen molar-refractivity contribution in [3.05, 3.63) is 106 Å². The predicted molar refractivity (Wildman–Crippen MR) is 149 cm³/mol. The third-order valence-corrected chi connectivity index (χ3v) is 6.69. The van der Waals surface area contributed by atoms with Crippen LogP contribution in [0.25, 0.3) is 5.76 Å². The van der Waals surface area contributed by atoms with Crippen molar-refractivity contribution in [1.82, 2.24) is 4.90 Å². The number of benzene rings is 3. The van der Waals surface area contributed by atoms with Gasteiger partial charge in [-0.25, -0.2) is 4.79 Å². The van der Waals surface area contributed by atoms with Crippen LogP contribution in [0.1, 0.15) is 73.3 Å². The van der Waals surface area contributed by atoms with E-state index in [0.717, 1.165) is 5.56 Å². The molecule has 0 spiro atoms.